The summed E-state index contributed by atoms with van der Waals surface area (Å²) in [6.07, 6.45) is 1.87. The molecular formula is C9H15ClN4S. The Morgan fingerprint density at radius 3 is 2.60 bits per heavy atom. The second-order valence-corrected chi connectivity index (χ2v) is 3.04. The highest BCUT2D eigenvalue weighted by Gasteiger charge is 1.96. The number of nitrogens with one attached hydrogen (secondary N) is 1. The molecule has 0 unspecified atom stereocenters. The van der Waals surface area contributed by atoms with E-state index in [-0.39, 0.29) is 12.4 Å². The number of rotatable bonds is 1. The molecule has 4 nitrogen and oxygen atoms in total. The van der Waals surface area contributed by atoms with Crippen molar-refractivity contribution in [2.45, 2.75) is 12.1 Å². The lowest BCUT2D eigenvalue weighted by Crippen LogP contribution is -2.01. The van der Waals surface area contributed by atoms with E-state index in [0.717, 1.165) is 12.2 Å². The maximum Gasteiger partial charge on any atom is 0.192 e. The maximum atomic E-state index is 4.09. The predicted molar refractivity (Wildman–Crippen MR) is 67.1 cm³/mol. The molecule has 2 aromatic heterocycles. The van der Waals surface area contributed by atoms with E-state index >= 15 is 0 Å². The smallest absolute Gasteiger partial charge is 0.192 e. The molecule has 0 fully saturated rings. The quantitative estimate of drug-likeness (QED) is 0.753. The molecule has 0 bridgehead atoms. The first kappa shape index (κ1) is 14.2. The molecule has 84 valence electrons. The third-order valence-corrected chi connectivity index (χ3v) is 1.95. The third-order valence-electron chi connectivity index (χ3n) is 1.65. The van der Waals surface area contributed by atoms with Crippen molar-refractivity contribution in [2.24, 2.45) is 0 Å². The number of hydrogen-bond acceptors (Lipinski definition) is 4. The van der Waals surface area contributed by atoms with E-state index in [0.29, 0.717) is 5.16 Å². The van der Waals surface area contributed by atoms with Crippen LogP contribution < -0.4 is 5.32 Å². The first-order chi connectivity index (χ1) is 6.79. The molecule has 2 aromatic rings. The topological polar surface area (TPSA) is 42.2 Å². The minimum Gasteiger partial charge on any atom is -0.320 e. The monoisotopic (exact) mass is 246 g/mol. The lowest BCUT2D eigenvalue weighted by molar-refractivity contribution is 0.864. The molecule has 0 amide bonds. The molecule has 6 heteroatoms. The summed E-state index contributed by atoms with van der Waals surface area (Å²) in [4.78, 5) is 0. The van der Waals surface area contributed by atoms with E-state index < -0.39 is 0 Å². The van der Waals surface area contributed by atoms with Crippen LogP contribution in [0.15, 0.2) is 29.6 Å². The second kappa shape index (κ2) is 7.50. The molecule has 15 heavy (non-hydrogen) atoms. The van der Waals surface area contributed by atoms with Gasteiger partial charge in [-0.3, -0.25) is 4.40 Å². The van der Waals surface area contributed by atoms with Crippen LogP contribution in [-0.4, -0.2) is 28.2 Å². The molecule has 0 spiro atoms. The Labute approximate surface area is 101 Å². The van der Waals surface area contributed by atoms with Gasteiger partial charge in [0.1, 0.15) is 0 Å². The van der Waals surface area contributed by atoms with Gasteiger partial charge < -0.3 is 5.32 Å². The minimum absolute atomic E-state index is 0. The molecule has 2 rings (SSSR count). The number of halogens is 1. The van der Waals surface area contributed by atoms with Crippen LogP contribution in [0.2, 0.25) is 0 Å². The highest BCUT2D eigenvalue weighted by molar-refractivity contribution is 7.80. The Balaban J connectivity index is 0.000000346. The Kier molecular flexibility index (Phi) is 7.11. The highest BCUT2D eigenvalue weighted by atomic mass is 35.5. The fourth-order valence-corrected chi connectivity index (χ4v) is 1.04. The molecule has 0 aliphatic rings. The minimum atomic E-state index is 0. The van der Waals surface area contributed by atoms with Crippen LogP contribution >= 0.6 is 25.0 Å². The van der Waals surface area contributed by atoms with E-state index in [4.69, 9.17) is 0 Å². The molecule has 0 radical (unpaired) electrons. The zero-order chi connectivity index (χ0) is 10.4. The summed E-state index contributed by atoms with van der Waals surface area (Å²) < 4.78 is 1.81. The van der Waals surface area contributed by atoms with Crippen LogP contribution in [0.1, 0.15) is 6.92 Å². The fraction of sp³-hybridized carbons (Fsp3) is 0.333. The SMILES string of the molecule is CCNC.Cl.Sc1nnc2ccccn12. The van der Waals surface area contributed by atoms with Crippen molar-refractivity contribution < 1.29 is 0 Å². The summed E-state index contributed by atoms with van der Waals surface area (Å²) in [6, 6.07) is 5.71. The fourth-order valence-electron chi connectivity index (χ4n) is 0.829. The molecule has 0 atom stereocenters. The van der Waals surface area contributed by atoms with Gasteiger partial charge in [-0.05, 0) is 25.7 Å². The largest absolute Gasteiger partial charge is 0.320 e. The number of aromatic nitrogens is 3. The van der Waals surface area contributed by atoms with E-state index in [2.05, 4.69) is 35.1 Å². The van der Waals surface area contributed by atoms with E-state index in [1.807, 2.05) is 35.8 Å². The molecule has 0 saturated carbocycles. The third kappa shape index (κ3) is 4.07. The van der Waals surface area contributed by atoms with Crippen molar-refractivity contribution in [1.82, 2.24) is 19.9 Å². The van der Waals surface area contributed by atoms with Crippen LogP contribution in [0.25, 0.3) is 5.65 Å². The van der Waals surface area contributed by atoms with Gasteiger partial charge in [0.15, 0.2) is 10.8 Å². The molecule has 0 aliphatic carbocycles. The summed E-state index contributed by atoms with van der Waals surface area (Å²) in [5.41, 5.74) is 0.826. The van der Waals surface area contributed by atoms with E-state index in [1.165, 1.54) is 0 Å². The lowest BCUT2D eigenvalue weighted by atomic mass is 10.5. The van der Waals surface area contributed by atoms with Gasteiger partial charge in [0.05, 0.1) is 0 Å². The molecule has 0 aromatic carbocycles. The van der Waals surface area contributed by atoms with Gasteiger partial charge in [-0.1, -0.05) is 13.0 Å². The van der Waals surface area contributed by atoms with Crippen LogP contribution in [0.3, 0.4) is 0 Å². The van der Waals surface area contributed by atoms with E-state index in [1.54, 1.807) is 0 Å². The molecule has 2 heterocycles. The lowest BCUT2D eigenvalue weighted by Gasteiger charge is -1.88. The Morgan fingerprint density at radius 1 is 1.40 bits per heavy atom. The van der Waals surface area contributed by atoms with Crippen molar-refractivity contribution in [1.29, 1.82) is 0 Å². The van der Waals surface area contributed by atoms with Gasteiger partial charge in [-0.15, -0.1) is 35.2 Å². The number of pyridine rings is 1. The van der Waals surface area contributed by atoms with Crippen molar-refractivity contribution in [3.05, 3.63) is 24.4 Å². The Morgan fingerprint density at radius 2 is 2.07 bits per heavy atom. The average Bonchev–Trinajstić information content (AvgIpc) is 2.62. The molecular weight excluding hydrogens is 232 g/mol. The first-order valence-corrected chi connectivity index (χ1v) is 4.87. The van der Waals surface area contributed by atoms with Gasteiger partial charge in [0, 0.05) is 6.20 Å². The van der Waals surface area contributed by atoms with Crippen molar-refractivity contribution in [3.63, 3.8) is 0 Å². The summed E-state index contributed by atoms with van der Waals surface area (Å²) in [7, 11) is 1.93. The Hall–Kier alpha value is -0.780. The highest BCUT2D eigenvalue weighted by Crippen LogP contribution is 2.04. The molecule has 0 aliphatic heterocycles. The van der Waals surface area contributed by atoms with Gasteiger partial charge in [0.25, 0.3) is 0 Å². The van der Waals surface area contributed by atoms with Crippen molar-refractivity contribution in [2.75, 3.05) is 13.6 Å². The zero-order valence-electron chi connectivity index (χ0n) is 8.71. The predicted octanol–water partition coefficient (Wildman–Crippen LogP) is 1.67. The summed E-state index contributed by atoms with van der Waals surface area (Å²) in [6.45, 7) is 3.14. The summed E-state index contributed by atoms with van der Waals surface area (Å²) in [5.74, 6) is 0. The number of fused-ring (bicyclic) bond motifs is 1. The second-order valence-electron chi connectivity index (χ2n) is 2.64. The summed E-state index contributed by atoms with van der Waals surface area (Å²) in [5, 5.41) is 11.2. The van der Waals surface area contributed by atoms with Gasteiger partial charge >= 0.3 is 0 Å². The van der Waals surface area contributed by atoms with Gasteiger partial charge in [0.2, 0.25) is 0 Å². The zero-order valence-corrected chi connectivity index (χ0v) is 10.4. The number of hydrogen-bond donors (Lipinski definition) is 2. The normalized spacial score (nSPS) is 9.00. The molecule has 1 N–H and O–H groups in total. The van der Waals surface area contributed by atoms with E-state index in [9.17, 15) is 0 Å². The number of thiol groups is 1. The maximum absolute atomic E-state index is 4.09. The summed E-state index contributed by atoms with van der Waals surface area (Å²) >= 11 is 4.09. The van der Waals surface area contributed by atoms with Crippen LogP contribution in [0.4, 0.5) is 0 Å². The average molecular weight is 247 g/mol. The Bertz CT molecular complexity index is 388. The van der Waals surface area contributed by atoms with Crippen LogP contribution in [0, 0.1) is 0 Å². The number of nitrogens with zero attached hydrogens (tertiary/aromatic N) is 3. The first-order valence-electron chi connectivity index (χ1n) is 4.43. The van der Waals surface area contributed by atoms with Crippen molar-refractivity contribution >= 4 is 30.7 Å². The van der Waals surface area contributed by atoms with Crippen LogP contribution in [-0.2, 0) is 0 Å². The van der Waals surface area contributed by atoms with Gasteiger partial charge in [-0.2, -0.15) is 0 Å². The van der Waals surface area contributed by atoms with Crippen molar-refractivity contribution in [3.8, 4) is 0 Å². The van der Waals surface area contributed by atoms with Crippen LogP contribution in [0.5, 0.6) is 0 Å². The van der Waals surface area contributed by atoms with Gasteiger partial charge in [-0.25, -0.2) is 0 Å². The molecule has 0 saturated heterocycles. The standard InChI is InChI=1S/C6H5N3S.C3H9N.ClH/c10-6-8-7-5-3-1-2-4-9(5)6;1-3-4-2;/h1-4H,(H,8,10);4H,3H2,1-2H3;1H.